The molecule has 1 spiro atoms. The van der Waals surface area contributed by atoms with Crippen LogP contribution < -0.4 is 4.74 Å². The minimum atomic E-state index is -3.50. The molecule has 1 unspecified atom stereocenters. The van der Waals surface area contributed by atoms with E-state index in [1.807, 2.05) is 18.2 Å². The SMILES string of the molecule is O=S(=O)(c1cccnc1)N1CC2(C1)OCCC2CCOc1ccccn1. The van der Waals surface area contributed by atoms with Gasteiger partial charge in [0.05, 0.1) is 12.2 Å². The summed E-state index contributed by atoms with van der Waals surface area (Å²) in [6.07, 6.45) is 6.38. The Balaban J connectivity index is 1.36. The van der Waals surface area contributed by atoms with Gasteiger partial charge in [-0.25, -0.2) is 13.4 Å². The third-order valence-electron chi connectivity index (χ3n) is 5.11. The minimum Gasteiger partial charge on any atom is -0.478 e. The van der Waals surface area contributed by atoms with Crippen LogP contribution in [0.2, 0.25) is 0 Å². The largest absolute Gasteiger partial charge is 0.478 e. The Morgan fingerprint density at radius 1 is 1.23 bits per heavy atom. The number of nitrogens with zero attached hydrogens (tertiary/aromatic N) is 3. The van der Waals surface area contributed by atoms with Gasteiger partial charge in [-0.3, -0.25) is 4.98 Å². The molecule has 0 N–H and O–H groups in total. The van der Waals surface area contributed by atoms with E-state index in [9.17, 15) is 8.42 Å². The number of pyridine rings is 2. The third-order valence-corrected chi connectivity index (χ3v) is 6.89. The molecule has 0 aliphatic carbocycles. The molecule has 7 nitrogen and oxygen atoms in total. The number of aromatic nitrogens is 2. The molecule has 0 radical (unpaired) electrons. The van der Waals surface area contributed by atoms with Gasteiger partial charge in [-0.05, 0) is 37.0 Å². The van der Waals surface area contributed by atoms with Gasteiger partial charge in [-0.2, -0.15) is 4.31 Å². The fourth-order valence-electron chi connectivity index (χ4n) is 3.65. The van der Waals surface area contributed by atoms with Crippen molar-refractivity contribution in [3.05, 3.63) is 48.9 Å². The molecule has 4 rings (SSSR count). The number of hydrogen-bond acceptors (Lipinski definition) is 6. The average Bonchev–Trinajstić information content (AvgIpc) is 3.06. The molecule has 2 aromatic heterocycles. The van der Waals surface area contributed by atoms with Crippen LogP contribution in [0.4, 0.5) is 0 Å². The van der Waals surface area contributed by atoms with Crippen molar-refractivity contribution in [2.75, 3.05) is 26.3 Å². The highest BCUT2D eigenvalue weighted by atomic mass is 32.2. The normalized spacial score (nSPS) is 22.2. The van der Waals surface area contributed by atoms with E-state index >= 15 is 0 Å². The number of sulfonamides is 1. The van der Waals surface area contributed by atoms with Crippen LogP contribution in [0, 0.1) is 5.92 Å². The van der Waals surface area contributed by atoms with Crippen LogP contribution in [-0.4, -0.2) is 54.6 Å². The highest BCUT2D eigenvalue weighted by molar-refractivity contribution is 7.89. The van der Waals surface area contributed by atoms with Crippen molar-refractivity contribution in [2.24, 2.45) is 5.92 Å². The van der Waals surface area contributed by atoms with Gasteiger partial charge in [0.25, 0.3) is 0 Å². The molecule has 1 atom stereocenters. The van der Waals surface area contributed by atoms with Gasteiger partial charge in [0, 0.05) is 44.4 Å². The smallest absolute Gasteiger partial charge is 0.244 e. The number of rotatable bonds is 6. The fourth-order valence-corrected chi connectivity index (χ4v) is 5.17. The summed E-state index contributed by atoms with van der Waals surface area (Å²) in [5, 5.41) is 0. The summed E-state index contributed by atoms with van der Waals surface area (Å²) in [5.74, 6) is 0.890. The third kappa shape index (κ3) is 3.20. The van der Waals surface area contributed by atoms with Crippen LogP contribution in [0.1, 0.15) is 12.8 Å². The molecule has 0 bridgehead atoms. The maximum absolute atomic E-state index is 12.7. The summed E-state index contributed by atoms with van der Waals surface area (Å²) in [6, 6.07) is 8.76. The van der Waals surface area contributed by atoms with Crippen LogP contribution >= 0.6 is 0 Å². The molecule has 0 amide bonds. The van der Waals surface area contributed by atoms with Gasteiger partial charge in [0.2, 0.25) is 15.9 Å². The van der Waals surface area contributed by atoms with Crippen molar-refractivity contribution < 1.29 is 17.9 Å². The Morgan fingerprint density at radius 3 is 2.85 bits per heavy atom. The second-order valence-corrected chi connectivity index (χ2v) is 8.60. The molecule has 26 heavy (non-hydrogen) atoms. The molecule has 138 valence electrons. The quantitative estimate of drug-likeness (QED) is 0.765. The topological polar surface area (TPSA) is 81.6 Å². The number of ether oxygens (including phenoxy) is 2. The van der Waals surface area contributed by atoms with Gasteiger partial charge in [0.1, 0.15) is 4.90 Å². The van der Waals surface area contributed by atoms with E-state index in [1.165, 1.54) is 10.5 Å². The molecule has 4 heterocycles. The molecular formula is C18H21N3O4S. The lowest BCUT2D eigenvalue weighted by Gasteiger charge is -2.49. The van der Waals surface area contributed by atoms with Gasteiger partial charge in [0.15, 0.2) is 0 Å². The van der Waals surface area contributed by atoms with E-state index in [1.54, 1.807) is 24.5 Å². The summed E-state index contributed by atoms with van der Waals surface area (Å²) in [4.78, 5) is 8.27. The Bertz CT molecular complexity index is 839. The summed E-state index contributed by atoms with van der Waals surface area (Å²) in [6.45, 7) is 1.98. The highest BCUT2D eigenvalue weighted by Crippen LogP contribution is 2.43. The van der Waals surface area contributed by atoms with Crippen LogP contribution in [0.3, 0.4) is 0 Å². The van der Waals surface area contributed by atoms with Crippen molar-refractivity contribution in [3.63, 3.8) is 0 Å². The van der Waals surface area contributed by atoms with Crippen molar-refractivity contribution in [3.8, 4) is 5.88 Å². The van der Waals surface area contributed by atoms with Crippen LogP contribution in [-0.2, 0) is 14.8 Å². The Kier molecular flexibility index (Phi) is 4.64. The molecule has 2 aromatic rings. The fraction of sp³-hybridized carbons (Fsp3) is 0.444. The van der Waals surface area contributed by atoms with E-state index < -0.39 is 10.0 Å². The average molecular weight is 375 g/mol. The molecule has 0 aromatic carbocycles. The lowest BCUT2D eigenvalue weighted by molar-refractivity contribution is -0.104. The Labute approximate surface area is 153 Å². The molecule has 8 heteroatoms. The first-order valence-corrected chi connectivity index (χ1v) is 10.1. The van der Waals surface area contributed by atoms with E-state index in [-0.39, 0.29) is 16.4 Å². The Hall–Kier alpha value is -2.03. The molecule has 2 fully saturated rings. The van der Waals surface area contributed by atoms with Crippen molar-refractivity contribution in [2.45, 2.75) is 23.3 Å². The zero-order valence-electron chi connectivity index (χ0n) is 14.3. The van der Waals surface area contributed by atoms with E-state index in [2.05, 4.69) is 9.97 Å². The first-order valence-electron chi connectivity index (χ1n) is 8.68. The summed E-state index contributed by atoms with van der Waals surface area (Å²) in [5.41, 5.74) is -0.386. The minimum absolute atomic E-state index is 0.225. The van der Waals surface area contributed by atoms with Gasteiger partial charge in [-0.1, -0.05) is 6.07 Å². The predicted octanol–water partition coefficient (Wildman–Crippen LogP) is 1.73. The summed E-state index contributed by atoms with van der Waals surface area (Å²) >= 11 is 0. The van der Waals surface area contributed by atoms with Crippen LogP contribution in [0.25, 0.3) is 0 Å². The second-order valence-electron chi connectivity index (χ2n) is 6.67. The van der Waals surface area contributed by atoms with Crippen molar-refractivity contribution in [1.82, 2.24) is 14.3 Å². The summed E-state index contributed by atoms with van der Waals surface area (Å²) in [7, 11) is -3.50. The molecule has 2 aliphatic rings. The summed E-state index contributed by atoms with van der Waals surface area (Å²) < 4.78 is 38.4. The van der Waals surface area contributed by atoms with Gasteiger partial charge in [-0.15, -0.1) is 0 Å². The highest BCUT2D eigenvalue weighted by Gasteiger charge is 2.56. The molecular weight excluding hydrogens is 354 g/mol. The van der Waals surface area contributed by atoms with Crippen molar-refractivity contribution in [1.29, 1.82) is 0 Å². The van der Waals surface area contributed by atoms with Crippen molar-refractivity contribution >= 4 is 10.0 Å². The molecule has 2 saturated heterocycles. The number of hydrogen-bond donors (Lipinski definition) is 0. The molecule has 0 saturated carbocycles. The van der Waals surface area contributed by atoms with E-state index in [0.29, 0.717) is 32.2 Å². The lowest BCUT2D eigenvalue weighted by atomic mass is 9.80. The zero-order valence-corrected chi connectivity index (χ0v) is 15.1. The second kappa shape index (κ2) is 6.94. The van der Waals surface area contributed by atoms with Crippen LogP contribution in [0.15, 0.2) is 53.8 Å². The monoisotopic (exact) mass is 375 g/mol. The maximum atomic E-state index is 12.7. The first-order chi connectivity index (χ1) is 12.6. The van der Waals surface area contributed by atoms with Gasteiger partial charge < -0.3 is 9.47 Å². The molecule has 2 aliphatic heterocycles. The standard InChI is InChI=1S/C18H21N3O4S/c22-26(23,16-4-3-8-19-12-16)21-13-18(14-21)15(7-11-25-18)6-10-24-17-5-1-2-9-20-17/h1-5,8-9,12,15H,6-7,10-11,13-14H2. The van der Waals surface area contributed by atoms with Gasteiger partial charge >= 0.3 is 0 Å². The Morgan fingerprint density at radius 2 is 2.12 bits per heavy atom. The van der Waals surface area contributed by atoms with E-state index in [0.717, 1.165) is 12.8 Å². The lowest BCUT2D eigenvalue weighted by Crippen LogP contribution is -2.66. The van der Waals surface area contributed by atoms with Crippen LogP contribution in [0.5, 0.6) is 5.88 Å². The first kappa shape index (κ1) is 17.4. The maximum Gasteiger partial charge on any atom is 0.244 e. The van der Waals surface area contributed by atoms with E-state index in [4.69, 9.17) is 9.47 Å². The predicted molar refractivity (Wildman–Crippen MR) is 94.1 cm³/mol. The zero-order chi connectivity index (χ0) is 18.0.